The number of ether oxygens (including phenoxy) is 2. The van der Waals surface area contributed by atoms with E-state index in [1.54, 1.807) is 31.1 Å². The van der Waals surface area contributed by atoms with Crippen LogP contribution >= 0.6 is 0 Å². The predicted octanol–water partition coefficient (Wildman–Crippen LogP) is 1.79. The molecule has 0 aliphatic rings. The first-order chi connectivity index (χ1) is 9.57. The molecule has 0 radical (unpaired) electrons. The highest BCUT2D eigenvalue weighted by atomic mass is 16.5. The Balaban J connectivity index is 2.84. The number of likely N-dealkylation sites (N-methyl/N-ethyl adjacent to an activating group) is 1. The van der Waals surface area contributed by atoms with Crippen LogP contribution in [0, 0.1) is 0 Å². The van der Waals surface area contributed by atoms with Gasteiger partial charge in [0, 0.05) is 25.2 Å². The Morgan fingerprint density at radius 2 is 2.00 bits per heavy atom. The highest BCUT2D eigenvalue weighted by Crippen LogP contribution is 2.25. The fourth-order valence-corrected chi connectivity index (χ4v) is 1.99. The molecule has 5 nitrogen and oxygen atoms in total. The summed E-state index contributed by atoms with van der Waals surface area (Å²) in [6.45, 7) is 7.34. The molecule has 0 aliphatic heterocycles. The molecule has 1 rings (SSSR count). The van der Waals surface area contributed by atoms with Crippen molar-refractivity contribution in [2.75, 3.05) is 20.2 Å². The Morgan fingerprint density at radius 1 is 1.35 bits per heavy atom. The van der Waals surface area contributed by atoms with Crippen LogP contribution in [0.3, 0.4) is 0 Å². The summed E-state index contributed by atoms with van der Waals surface area (Å²) in [5, 5.41) is 0. The number of carbonyl (C=O) groups excluding carboxylic acids is 1. The van der Waals surface area contributed by atoms with Gasteiger partial charge < -0.3 is 20.1 Å². The lowest BCUT2D eigenvalue weighted by Crippen LogP contribution is -2.40. The smallest absolute Gasteiger partial charge is 0.263 e. The van der Waals surface area contributed by atoms with Crippen molar-refractivity contribution in [3.05, 3.63) is 23.8 Å². The SMILES string of the molecule is CCN(CC)C(=O)C(C)Oc1ccc(OC)cc1CN. The third-order valence-electron chi connectivity index (χ3n) is 3.21. The van der Waals surface area contributed by atoms with E-state index in [1.807, 2.05) is 19.9 Å². The first kappa shape index (κ1) is 16.3. The molecule has 20 heavy (non-hydrogen) atoms. The Hall–Kier alpha value is -1.75. The molecule has 0 spiro atoms. The number of carbonyl (C=O) groups is 1. The zero-order chi connectivity index (χ0) is 15.1. The molecule has 1 unspecified atom stereocenters. The van der Waals surface area contributed by atoms with E-state index < -0.39 is 6.10 Å². The number of nitrogens with two attached hydrogens (primary N) is 1. The van der Waals surface area contributed by atoms with Crippen LogP contribution in [0.25, 0.3) is 0 Å². The van der Waals surface area contributed by atoms with Crippen molar-refractivity contribution in [2.24, 2.45) is 5.73 Å². The topological polar surface area (TPSA) is 64.8 Å². The lowest BCUT2D eigenvalue weighted by atomic mass is 10.2. The van der Waals surface area contributed by atoms with Crippen molar-refractivity contribution in [2.45, 2.75) is 33.4 Å². The zero-order valence-electron chi connectivity index (χ0n) is 12.7. The predicted molar refractivity (Wildman–Crippen MR) is 78.9 cm³/mol. The van der Waals surface area contributed by atoms with Crippen LogP contribution < -0.4 is 15.2 Å². The lowest BCUT2D eigenvalue weighted by Gasteiger charge is -2.24. The molecule has 0 bridgehead atoms. The molecule has 1 aromatic rings. The number of rotatable bonds is 7. The minimum atomic E-state index is -0.534. The number of benzene rings is 1. The summed E-state index contributed by atoms with van der Waals surface area (Å²) in [5.41, 5.74) is 6.53. The van der Waals surface area contributed by atoms with Crippen molar-refractivity contribution in [1.82, 2.24) is 4.90 Å². The van der Waals surface area contributed by atoms with Gasteiger partial charge in [-0.15, -0.1) is 0 Å². The first-order valence-corrected chi connectivity index (χ1v) is 6.89. The maximum Gasteiger partial charge on any atom is 0.263 e. The van der Waals surface area contributed by atoms with Gasteiger partial charge in [0.25, 0.3) is 5.91 Å². The van der Waals surface area contributed by atoms with Gasteiger partial charge in [0.1, 0.15) is 11.5 Å². The molecule has 1 aromatic carbocycles. The van der Waals surface area contributed by atoms with E-state index in [0.717, 1.165) is 11.3 Å². The zero-order valence-corrected chi connectivity index (χ0v) is 12.7. The van der Waals surface area contributed by atoms with Crippen LogP contribution in [0.4, 0.5) is 0 Å². The van der Waals surface area contributed by atoms with E-state index in [2.05, 4.69) is 0 Å². The molecule has 1 amide bonds. The third-order valence-corrected chi connectivity index (χ3v) is 3.21. The van der Waals surface area contributed by atoms with E-state index in [0.29, 0.717) is 25.4 Å². The van der Waals surface area contributed by atoms with Gasteiger partial charge in [-0.2, -0.15) is 0 Å². The van der Waals surface area contributed by atoms with E-state index in [4.69, 9.17) is 15.2 Å². The van der Waals surface area contributed by atoms with Gasteiger partial charge in [0.15, 0.2) is 6.10 Å². The average molecular weight is 280 g/mol. The molecular weight excluding hydrogens is 256 g/mol. The molecule has 0 aromatic heterocycles. The van der Waals surface area contributed by atoms with Crippen molar-refractivity contribution in [1.29, 1.82) is 0 Å². The number of hydrogen-bond donors (Lipinski definition) is 1. The van der Waals surface area contributed by atoms with Gasteiger partial charge >= 0.3 is 0 Å². The molecule has 0 saturated heterocycles. The van der Waals surface area contributed by atoms with Crippen LogP contribution in [-0.4, -0.2) is 37.1 Å². The molecule has 2 N–H and O–H groups in total. The molecule has 1 atom stereocenters. The highest BCUT2D eigenvalue weighted by Gasteiger charge is 2.20. The van der Waals surface area contributed by atoms with Crippen molar-refractivity contribution >= 4 is 5.91 Å². The number of amides is 1. The van der Waals surface area contributed by atoms with Gasteiger partial charge in [-0.05, 0) is 39.0 Å². The van der Waals surface area contributed by atoms with Gasteiger partial charge in [-0.25, -0.2) is 0 Å². The molecule has 112 valence electrons. The lowest BCUT2D eigenvalue weighted by molar-refractivity contribution is -0.137. The molecule has 0 saturated carbocycles. The van der Waals surface area contributed by atoms with Crippen LogP contribution in [0.1, 0.15) is 26.3 Å². The highest BCUT2D eigenvalue weighted by molar-refractivity contribution is 5.80. The molecular formula is C15H24N2O3. The van der Waals surface area contributed by atoms with Crippen LogP contribution in [-0.2, 0) is 11.3 Å². The maximum atomic E-state index is 12.2. The minimum Gasteiger partial charge on any atom is -0.497 e. The summed E-state index contributed by atoms with van der Waals surface area (Å²) in [7, 11) is 1.60. The quantitative estimate of drug-likeness (QED) is 0.827. The summed E-state index contributed by atoms with van der Waals surface area (Å²) in [6.07, 6.45) is -0.534. The normalized spacial score (nSPS) is 11.8. The van der Waals surface area contributed by atoms with Crippen molar-refractivity contribution in [3.63, 3.8) is 0 Å². The first-order valence-electron chi connectivity index (χ1n) is 6.89. The van der Waals surface area contributed by atoms with Crippen LogP contribution in [0.15, 0.2) is 18.2 Å². The van der Waals surface area contributed by atoms with Crippen LogP contribution in [0.5, 0.6) is 11.5 Å². The fraction of sp³-hybridized carbons (Fsp3) is 0.533. The molecule has 0 heterocycles. The summed E-state index contributed by atoms with van der Waals surface area (Å²) in [6, 6.07) is 5.40. The summed E-state index contributed by atoms with van der Waals surface area (Å²) in [5.74, 6) is 1.33. The van der Waals surface area contributed by atoms with E-state index in [1.165, 1.54) is 0 Å². The van der Waals surface area contributed by atoms with Gasteiger partial charge in [-0.1, -0.05) is 0 Å². The second-order valence-electron chi connectivity index (χ2n) is 4.45. The standard InChI is InChI=1S/C15H24N2O3/c1-5-17(6-2)15(18)11(3)20-14-8-7-13(19-4)9-12(14)10-16/h7-9,11H,5-6,10,16H2,1-4H3. The monoisotopic (exact) mass is 280 g/mol. The van der Waals surface area contributed by atoms with Gasteiger partial charge in [0.2, 0.25) is 0 Å². The second-order valence-corrected chi connectivity index (χ2v) is 4.45. The average Bonchev–Trinajstić information content (AvgIpc) is 2.48. The fourth-order valence-electron chi connectivity index (χ4n) is 1.99. The molecule has 0 aliphatic carbocycles. The Kier molecular flexibility index (Phi) is 6.31. The number of nitrogens with zero attached hydrogens (tertiary/aromatic N) is 1. The summed E-state index contributed by atoms with van der Waals surface area (Å²) in [4.78, 5) is 13.9. The van der Waals surface area contributed by atoms with Gasteiger partial charge in [-0.3, -0.25) is 4.79 Å². The second kappa shape index (κ2) is 7.75. The van der Waals surface area contributed by atoms with Crippen molar-refractivity contribution < 1.29 is 14.3 Å². The maximum absolute atomic E-state index is 12.2. The molecule has 5 heteroatoms. The van der Waals surface area contributed by atoms with Crippen LogP contribution in [0.2, 0.25) is 0 Å². The Labute approximate surface area is 120 Å². The van der Waals surface area contributed by atoms with E-state index in [-0.39, 0.29) is 5.91 Å². The number of hydrogen-bond acceptors (Lipinski definition) is 4. The minimum absolute atomic E-state index is 0.0196. The largest absolute Gasteiger partial charge is 0.497 e. The summed E-state index contributed by atoms with van der Waals surface area (Å²) < 4.78 is 10.9. The third kappa shape index (κ3) is 3.87. The van der Waals surface area contributed by atoms with E-state index in [9.17, 15) is 4.79 Å². The van der Waals surface area contributed by atoms with Gasteiger partial charge in [0.05, 0.1) is 7.11 Å². The number of methoxy groups -OCH3 is 1. The Morgan fingerprint density at radius 3 is 2.50 bits per heavy atom. The summed E-state index contributed by atoms with van der Waals surface area (Å²) >= 11 is 0. The van der Waals surface area contributed by atoms with Crippen molar-refractivity contribution in [3.8, 4) is 11.5 Å². The van der Waals surface area contributed by atoms with E-state index >= 15 is 0 Å². The molecule has 0 fully saturated rings. The Bertz CT molecular complexity index is 445.